The molecule has 6 heteroatoms. The van der Waals surface area contributed by atoms with E-state index in [-0.39, 0.29) is 5.78 Å². The molecule has 29 heavy (non-hydrogen) atoms. The summed E-state index contributed by atoms with van der Waals surface area (Å²) >= 11 is 6.27. The zero-order chi connectivity index (χ0) is 20.8. The second-order valence-electron chi connectivity index (χ2n) is 7.03. The van der Waals surface area contributed by atoms with E-state index in [0.717, 1.165) is 49.1 Å². The first-order chi connectivity index (χ1) is 13.9. The van der Waals surface area contributed by atoms with Crippen LogP contribution in [0.25, 0.3) is 12.2 Å². The van der Waals surface area contributed by atoms with Crippen LogP contribution < -0.4 is 4.90 Å². The summed E-state index contributed by atoms with van der Waals surface area (Å²) in [5.41, 5.74) is 3.07. The predicted molar refractivity (Wildman–Crippen MR) is 118 cm³/mol. The number of benzene rings is 2. The Balaban J connectivity index is 1.75. The highest BCUT2D eigenvalue weighted by atomic mass is 35.5. The molecule has 0 bridgehead atoms. The number of anilines is 1. The molecule has 150 valence electrons. The van der Waals surface area contributed by atoms with Gasteiger partial charge in [-0.15, -0.1) is 0 Å². The quantitative estimate of drug-likeness (QED) is 0.574. The van der Waals surface area contributed by atoms with Crippen molar-refractivity contribution >= 4 is 41.2 Å². The maximum absolute atomic E-state index is 12.7. The lowest BCUT2D eigenvalue weighted by Gasteiger charge is -2.34. The third kappa shape index (κ3) is 6.04. The topological polar surface area (TPSA) is 60.9 Å². The Morgan fingerprint density at radius 2 is 1.62 bits per heavy atom. The maximum Gasteiger partial charge on any atom is 0.328 e. The van der Waals surface area contributed by atoms with E-state index in [9.17, 15) is 9.59 Å². The second kappa shape index (κ2) is 9.54. The fourth-order valence-corrected chi connectivity index (χ4v) is 3.39. The number of nitrogens with zero attached hydrogens (tertiary/aromatic N) is 2. The number of carbonyl (C=O) groups excluding carboxylic acids is 1. The average molecular weight is 411 g/mol. The number of allylic oxidation sites excluding steroid dienone is 1. The van der Waals surface area contributed by atoms with Gasteiger partial charge in [0.2, 0.25) is 0 Å². The Hall–Kier alpha value is -2.89. The van der Waals surface area contributed by atoms with Crippen molar-refractivity contribution in [1.29, 1.82) is 0 Å². The molecule has 1 heterocycles. The molecule has 0 unspecified atom stereocenters. The summed E-state index contributed by atoms with van der Waals surface area (Å²) in [5.74, 6) is -1.13. The van der Waals surface area contributed by atoms with Crippen molar-refractivity contribution in [1.82, 2.24) is 4.90 Å². The van der Waals surface area contributed by atoms with Crippen molar-refractivity contribution in [3.05, 3.63) is 76.3 Å². The van der Waals surface area contributed by atoms with Gasteiger partial charge < -0.3 is 14.9 Å². The number of carboxylic acid groups (broad SMARTS) is 1. The summed E-state index contributed by atoms with van der Waals surface area (Å²) in [6.45, 7) is 3.75. The summed E-state index contributed by atoms with van der Waals surface area (Å²) in [6.07, 6.45) is 5.83. The lowest BCUT2D eigenvalue weighted by Crippen LogP contribution is -2.44. The van der Waals surface area contributed by atoms with Crippen LogP contribution in [0.2, 0.25) is 5.02 Å². The smallest absolute Gasteiger partial charge is 0.328 e. The molecule has 1 aliphatic heterocycles. The Morgan fingerprint density at radius 3 is 2.28 bits per heavy atom. The van der Waals surface area contributed by atoms with Gasteiger partial charge >= 0.3 is 5.97 Å². The number of piperazine rings is 1. The van der Waals surface area contributed by atoms with Gasteiger partial charge in [-0.3, -0.25) is 4.79 Å². The van der Waals surface area contributed by atoms with E-state index in [1.807, 2.05) is 30.3 Å². The Bertz CT molecular complexity index is 960. The van der Waals surface area contributed by atoms with Gasteiger partial charge in [0.05, 0.1) is 0 Å². The summed E-state index contributed by atoms with van der Waals surface area (Å²) in [6, 6.07) is 12.8. The van der Waals surface area contributed by atoms with Gasteiger partial charge in [-0.1, -0.05) is 35.9 Å². The molecule has 2 aromatic rings. The van der Waals surface area contributed by atoms with Crippen LogP contribution in [0.1, 0.15) is 21.5 Å². The van der Waals surface area contributed by atoms with Crippen molar-refractivity contribution in [2.75, 3.05) is 38.1 Å². The molecule has 1 N–H and O–H groups in total. The highest BCUT2D eigenvalue weighted by molar-refractivity contribution is 6.31. The molecule has 0 radical (unpaired) electrons. The number of rotatable bonds is 6. The lowest BCUT2D eigenvalue weighted by atomic mass is 10.1. The zero-order valence-corrected chi connectivity index (χ0v) is 17.0. The third-order valence-corrected chi connectivity index (χ3v) is 5.01. The SMILES string of the molecule is CN1CCN(c2cc(Cl)cc(C(=O)C=Cc3cccc(C=CC(=O)O)c3)c2)CC1. The van der Waals surface area contributed by atoms with Gasteiger partial charge in [-0.05, 0) is 54.6 Å². The number of carboxylic acids is 1. The normalized spacial score (nSPS) is 15.3. The molecule has 0 saturated carbocycles. The van der Waals surface area contributed by atoms with Crippen LogP contribution in [-0.4, -0.2) is 55.0 Å². The highest BCUT2D eigenvalue weighted by Gasteiger charge is 2.16. The first kappa shape index (κ1) is 20.8. The number of aliphatic carboxylic acids is 1. The van der Waals surface area contributed by atoms with Crippen LogP contribution >= 0.6 is 11.6 Å². The molecule has 0 aliphatic carbocycles. The van der Waals surface area contributed by atoms with Crippen molar-refractivity contribution in [3.63, 3.8) is 0 Å². The molecule has 0 amide bonds. The van der Waals surface area contributed by atoms with Crippen LogP contribution in [0.4, 0.5) is 5.69 Å². The summed E-state index contributed by atoms with van der Waals surface area (Å²) in [4.78, 5) is 27.9. The highest BCUT2D eigenvalue weighted by Crippen LogP contribution is 2.24. The maximum atomic E-state index is 12.7. The van der Waals surface area contributed by atoms with Gasteiger partial charge in [-0.25, -0.2) is 4.79 Å². The minimum Gasteiger partial charge on any atom is -0.478 e. The van der Waals surface area contributed by atoms with E-state index >= 15 is 0 Å². The van der Waals surface area contributed by atoms with Crippen LogP contribution in [0.15, 0.2) is 54.6 Å². The van der Waals surface area contributed by atoms with Crippen molar-refractivity contribution < 1.29 is 14.7 Å². The molecule has 5 nitrogen and oxygen atoms in total. The molecule has 0 aromatic heterocycles. The lowest BCUT2D eigenvalue weighted by molar-refractivity contribution is -0.131. The molecule has 0 atom stereocenters. The van der Waals surface area contributed by atoms with E-state index in [1.54, 1.807) is 18.2 Å². The molecule has 2 aromatic carbocycles. The Morgan fingerprint density at radius 1 is 0.966 bits per heavy atom. The fraction of sp³-hybridized carbons (Fsp3) is 0.217. The van der Waals surface area contributed by atoms with E-state index < -0.39 is 5.97 Å². The molecule has 1 saturated heterocycles. The Kier molecular flexibility index (Phi) is 6.86. The number of ketones is 1. The average Bonchev–Trinajstić information content (AvgIpc) is 2.71. The van der Waals surface area contributed by atoms with Gasteiger partial charge in [0, 0.05) is 48.5 Å². The standard InChI is InChI=1S/C23H23ClN2O3/c1-25-9-11-26(12-10-25)21-15-19(14-20(24)16-21)22(27)7-5-17-3-2-4-18(13-17)6-8-23(28)29/h2-8,13-16H,9-12H2,1H3,(H,28,29). The van der Waals surface area contributed by atoms with Gasteiger partial charge in [0.25, 0.3) is 0 Å². The number of hydrogen-bond donors (Lipinski definition) is 1. The first-order valence-electron chi connectivity index (χ1n) is 9.38. The van der Waals surface area contributed by atoms with E-state index in [4.69, 9.17) is 16.7 Å². The van der Waals surface area contributed by atoms with Crippen LogP contribution in [-0.2, 0) is 4.79 Å². The second-order valence-corrected chi connectivity index (χ2v) is 7.46. The van der Waals surface area contributed by atoms with Gasteiger partial charge in [0.1, 0.15) is 0 Å². The monoisotopic (exact) mass is 410 g/mol. The largest absolute Gasteiger partial charge is 0.478 e. The van der Waals surface area contributed by atoms with Gasteiger partial charge in [-0.2, -0.15) is 0 Å². The minimum absolute atomic E-state index is 0.130. The van der Waals surface area contributed by atoms with Crippen LogP contribution in [0, 0.1) is 0 Å². The first-order valence-corrected chi connectivity index (χ1v) is 9.76. The van der Waals surface area contributed by atoms with E-state index in [1.165, 1.54) is 12.2 Å². The summed E-state index contributed by atoms with van der Waals surface area (Å²) in [5, 5.41) is 9.28. The van der Waals surface area contributed by atoms with Gasteiger partial charge in [0.15, 0.2) is 5.78 Å². The van der Waals surface area contributed by atoms with E-state index in [2.05, 4.69) is 16.8 Å². The number of likely N-dealkylation sites (N-methyl/N-ethyl adjacent to an activating group) is 1. The van der Waals surface area contributed by atoms with Crippen molar-refractivity contribution in [2.45, 2.75) is 0 Å². The van der Waals surface area contributed by atoms with Crippen LogP contribution in [0.3, 0.4) is 0 Å². The van der Waals surface area contributed by atoms with E-state index in [0.29, 0.717) is 10.6 Å². The third-order valence-electron chi connectivity index (χ3n) is 4.79. The molecular weight excluding hydrogens is 388 g/mol. The zero-order valence-electron chi connectivity index (χ0n) is 16.2. The summed E-state index contributed by atoms with van der Waals surface area (Å²) in [7, 11) is 2.10. The van der Waals surface area contributed by atoms with Crippen molar-refractivity contribution in [3.8, 4) is 0 Å². The fourth-order valence-electron chi connectivity index (χ4n) is 3.17. The summed E-state index contributed by atoms with van der Waals surface area (Å²) < 4.78 is 0. The molecule has 3 rings (SSSR count). The van der Waals surface area contributed by atoms with Crippen LogP contribution in [0.5, 0.6) is 0 Å². The minimum atomic E-state index is -1.00. The Labute approximate surface area is 175 Å². The molecular formula is C23H23ClN2O3. The number of hydrogen-bond acceptors (Lipinski definition) is 4. The number of carbonyl (C=O) groups is 2. The molecule has 1 aliphatic rings. The van der Waals surface area contributed by atoms with Crippen molar-refractivity contribution in [2.24, 2.45) is 0 Å². The molecule has 1 fully saturated rings. The predicted octanol–water partition coefficient (Wildman–Crippen LogP) is 4.09. The number of halogens is 1. The molecule has 0 spiro atoms.